The molecule has 1 aliphatic rings. The first-order valence-electron chi connectivity index (χ1n) is 5.60. The lowest BCUT2D eigenvalue weighted by Gasteiger charge is -2.13. The van der Waals surface area contributed by atoms with Crippen LogP contribution in [-0.2, 0) is 4.79 Å². The number of aromatic nitrogens is 2. The maximum Gasteiger partial charge on any atom is 0.321 e. The summed E-state index contributed by atoms with van der Waals surface area (Å²) < 4.78 is 1.87. The number of nitrogens with one attached hydrogen (secondary N) is 1. The molecule has 0 aliphatic carbocycles. The van der Waals surface area contributed by atoms with Crippen molar-refractivity contribution in [3.8, 4) is 0 Å². The van der Waals surface area contributed by atoms with Crippen molar-refractivity contribution in [2.24, 2.45) is 0 Å². The van der Waals surface area contributed by atoms with Crippen LogP contribution in [0.3, 0.4) is 0 Å². The summed E-state index contributed by atoms with van der Waals surface area (Å²) in [6.45, 7) is 4.87. The second-order valence-corrected chi connectivity index (χ2v) is 4.51. The number of hydrogen-bond acceptors (Lipinski definition) is 3. The molecule has 2 unspecified atom stereocenters. The standard InChI is InChI=1S/C11H17N3O2/c1-7(2)14-6-8(5-13-14)9-3-4-12-10(9)11(15)16/h5-7,9-10,12H,3-4H2,1-2H3,(H,15,16). The monoisotopic (exact) mass is 223 g/mol. The van der Waals surface area contributed by atoms with Gasteiger partial charge in [-0.15, -0.1) is 0 Å². The molecule has 88 valence electrons. The highest BCUT2D eigenvalue weighted by Crippen LogP contribution is 2.28. The van der Waals surface area contributed by atoms with E-state index in [0.717, 1.165) is 18.5 Å². The van der Waals surface area contributed by atoms with E-state index in [-0.39, 0.29) is 5.92 Å². The van der Waals surface area contributed by atoms with E-state index in [9.17, 15) is 4.79 Å². The highest BCUT2D eigenvalue weighted by Gasteiger charge is 2.34. The Kier molecular flexibility index (Phi) is 2.96. The van der Waals surface area contributed by atoms with Gasteiger partial charge in [-0.05, 0) is 32.4 Å². The molecule has 0 spiro atoms. The van der Waals surface area contributed by atoms with Crippen molar-refractivity contribution < 1.29 is 9.90 Å². The minimum atomic E-state index is -0.778. The van der Waals surface area contributed by atoms with Gasteiger partial charge in [-0.1, -0.05) is 0 Å². The van der Waals surface area contributed by atoms with E-state index in [1.54, 1.807) is 6.20 Å². The lowest BCUT2D eigenvalue weighted by molar-refractivity contribution is -0.139. The molecular formula is C11H17N3O2. The minimum absolute atomic E-state index is 0.0463. The molecule has 2 heterocycles. The number of nitrogens with zero attached hydrogens (tertiary/aromatic N) is 2. The summed E-state index contributed by atoms with van der Waals surface area (Å²) in [4.78, 5) is 11.0. The van der Waals surface area contributed by atoms with Gasteiger partial charge >= 0.3 is 5.97 Å². The SMILES string of the molecule is CC(C)n1cc(C2CCNC2C(=O)O)cn1. The lowest BCUT2D eigenvalue weighted by atomic mass is 9.95. The Morgan fingerprint density at radius 2 is 2.44 bits per heavy atom. The highest BCUT2D eigenvalue weighted by molar-refractivity contribution is 5.75. The second-order valence-electron chi connectivity index (χ2n) is 4.51. The van der Waals surface area contributed by atoms with Gasteiger partial charge in [0.05, 0.1) is 6.20 Å². The van der Waals surface area contributed by atoms with Crippen molar-refractivity contribution in [2.45, 2.75) is 38.3 Å². The molecule has 5 nitrogen and oxygen atoms in total. The van der Waals surface area contributed by atoms with Gasteiger partial charge in [-0.25, -0.2) is 0 Å². The molecule has 1 fully saturated rings. The van der Waals surface area contributed by atoms with Crippen molar-refractivity contribution in [1.82, 2.24) is 15.1 Å². The number of carboxylic acids is 1. The second kappa shape index (κ2) is 4.25. The number of carbonyl (C=O) groups is 1. The van der Waals surface area contributed by atoms with Gasteiger partial charge in [0.1, 0.15) is 6.04 Å². The molecule has 0 saturated carbocycles. The van der Waals surface area contributed by atoms with Crippen LogP contribution in [0.15, 0.2) is 12.4 Å². The minimum Gasteiger partial charge on any atom is -0.480 e. The molecule has 2 rings (SSSR count). The van der Waals surface area contributed by atoms with Crippen LogP contribution in [0.2, 0.25) is 0 Å². The van der Waals surface area contributed by atoms with Gasteiger partial charge in [0.25, 0.3) is 0 Å². The number of rotatable bonds is 3. The summed E-state index contributed by atoms with van der Waals surface area (Å²) >= 11 is 0. The van der Waals surface area contributed by atoms with Crippen LogP contribution < -0.4 is 5.32 Å². The Balaban J connectivity index is 2.19. The number of aliphatic carboxylic acids is 1. The summed E-state index contributed by atoms with van der Waals surface area (Å²) in [6, 6.07) is -0.156. The molecular weight excluding hydrogens is 206 g/mol. The van der Waals surface area contributed by atoms with Crippen LogP contribution in [0.4, 0.5) is 0 Å². The molecule has 2 N–H and O–H groups in total. The first-order chi connectivity index (χ1) is 7.59. The highest BCUT2D eigenvalue weighted by atomic mass is 16.4. The van der Waals surface area contributed by atoms with Gasteiger partial charge in [-0.3, -0.25) is 9.48 Å². The molecule has 1 saturated heterocycles. The van der Waals surface area contributed by atoms with E-state index in [2.05, 4.69) is 24.3 Å². The largest absolute Gasteiger partial charge is 0.480 e. The van der Waals surface area contributed by atoms with Gasteiger partial charge in [0.2, 0.25) is 0 Å². The Bertz CT molecular complexity index is 386. The molecule has 1 aromatic rings. The molecule has 1 aromatic heterocycles. The van der Waals surface area contributed by atoms with Crippen LogP contribution in [0, 0.1) is 0 Å². The van der Waals surface area contributed by atoms with Gasteiger partial charge in [0, 0.05) is 18.2 Å². The zero-order valence-electron chi connectivity index (χ0n) is 9.55. The summed E-state index contributed by atoms with van der Waals surface area (Å²) in [6.07, 6.45) is 4.60. The van der Waals surface area contributed by atoms with E-state index in [4.69, 9.17) is 5.11 Å². The first-order valence-corrected chi connectivity index (χ1v) is 5.60. The smallest absolute Gasteiger partial charge is 0.321 e. The van der Waals surface area contributed by atoms with Gasteiger partial charge in [-0.2, -0.15) is 5.10 Å². The van der Waals surface area contributed by atoms with Crippen molar-refractivity contribution in [3.63, 3.8) is 0 Å². The maximum absolute atomic E-state index is 11.0. The lowest BCUT2D eigenvalue weighted by Crippen LogP contribution is -2.34. The quantitative estimate of drug-likeness (QED) is 0.802. The molecule has 2 atom stereocenters. The molecule has 1 aliphatic heterocycles. The molecule has 0 radical (unpaired) electrons. The maximum atomic E-state index is 11.0. The summed E-state index contributed by atoms with van der Waals surface area (Å²) in [5.41, 5.74) is 1.02. The summed E-state index contributed by atoms with van der Waals surface area (Å²) in [5.74, 6) is -0.732. The van der Waals surface area contributed by atoms with Crippen LogP contribution >= 0.6 is 0 Å². The predicted octanol–water partition coefficient (Wildman–Crippen LogP) is 0.994. The third kappa shape index (κ3) is 1.95. The Labute approximate surface area is 94.5 Å². The fourth-order valence-electron chi connectivity index (χ4n) is 2.15. The zero-order valence-corrected chi connectivity index (χ0v) is 9.55. The van der Waals surface area contributed by atoms with Crippen LogP contribution in [0.5, 0.6) is 0 Å². The van der Waals surface area contributed by atoms with E-state index >= 15 is 0 Å². The topological polar surface area (TPSA) is 67.2 Å². The Morgan fingerprint density at radius 1 is 1.69 bits per heavy atom. The molecule has 5 heteroatoms. The van der Waals surface area contributed by atoms with E-state index < -0.39 is 12.0 Å². The van der Waals surface area contributed by atoms with Crippen molar-refractivity contribution in [3.05, 3.63) is 18.0 Å². The van der Waals surface area contributed by atoms with E-state index in [1.165, 1.54) is 0 Å². The van der Waals surface area contributed by atoms with E-state index in [0.29, 0.717) is 6.04 Å². The third-order valence-electron chi connectivity index (χ3n) is 3.07. The van der Waals surface area contributed by atoms with Crippen LogP contribution in [0.25, 0.3) is 0 Å². The first kappa shape index (κ1) is 11.1. The predicted molar refractivity (Wildman–Crippen MR) is 59.4 cm³/mol. The van der Waals surface area contributed by atoms with Crippen molar-refractivity contribution in [2.75, 3.05) is 6.54 Å². The Hall–Kier alpha value is -1.36. The third-order valence-corrected chi connectivity index (χ3v) is 3.07. The molecule has 0 aromatic carbocycles. The Morgan fingerprint density at radius 3 is 3.00 bits per heavy atom. The molecule has 16 heavy (non-hydrogen) atoms. The van der Waals surface area contributed by atoms with Crippen LogP contribution in [-0.4, -0.2) is 33.4 Å². The summed E-state index contributed by atoms with van der Waals surface area (Å²) in [5, 5.41) is 16.3. The van der Waals surface area contributed by atoms with Gasteiger partial charge < -0.3 is 10.4 Å². The van der Waals surface area contributed by atoms with Gasteiger partial charge in [0.15, 0.2) is 0 Å². The number of hydrogen-bond donors (Lipinski definition) is 2. The fraction of sp³-hybridized carbons (Fsp3) is 0.636. The molecule has 0 bridgehead atoms. The fourth-order valence-corrected chi connectivity index (χ4v) is 2.15. The molecule has 0 amide bonds. The average molecular weight is 223 g/mol. The number of carboxylic acid groups (broad SMARTS) is 1. The van der Waals surface area contributed by atoms with Crippen molar-refractivity contribution >= 4 is 5.97 Å². The van der Waals surface area contributed by atoms with E-state index in [1.807, 2.05) is 10.9 Å². The normalized spacial score (nSPS) is 25.2. The van der Waals surface area contributed by atoms with Crippen LogP contribution in [0.1, 0.15) is 37.8 Å². The van der Waals surface area contributed by atoms with Crippen molar-refractivity contribution in [1.29, 1.82) is 0 Å². The average Bonchev–Trinajstić information content (AvgIpc) is 2.86. The zero-order chi connectivity index (χ0) is 11.7. The summed E-state index contributed by atoms with van der Waals surface area (Å²) in [7, 11) is 0.